The second kappa shape index (κ2) is 8.96. The summed E-state index contributed by atoms with van der Waals surface area (Å²) in [6, 6.07) is 9.77. The Morgan fingerprint density at radius 2 is 2.07 bits per heavy atom. The predicted octanol–water partition coefficient (Wildman–Crippen LogP) is 3.80. The second-order valence-corrected chi connectivity index (χ2v) is 7.43. The Bertz CT molecular complexity index is 883. The fourth-order valence-corrected chi connectivity index (χ4v) is 3.67. The molecule has 3 aromatic rings. The van der Waals surface area contributed by atoms with Crippen LogP contribution in [0.1, 0.15) is 10.7 Å². The topological polar surface area (TPSA) is 69.0 Å². The van der Waals surface area contributed by atoms with Gasteiger partial charge in [-0.3, -0.25) is 4.79 Å². The molecule has 0 aliphatic rings. The van der Waals surface area contributed by atoms with Crippen LogP contribution in [-0.4, -0.2) is 33.0 Å². The number of hydrogen-bond donors (Lipinski definition) is 1. The Kier molecular flexibility index (Phi) is 6.40. The van der Waals surface area contributed by atoms with Gasteiger partial charge in [0.05, 0.1) is 5.75 Å². The highest BCUT2D eigenvalue weighted by Crippen LogP contribution is 2.21. The maximum Gasteiger partial charge on any atom is 0.387 e. The van der Waals surface area contributed by atoms with Crippen molar-refractivity contribution in [2.24, 2.45) is 7.05 Å². The molecule has 6 nitrogen and oxygen atoms in total. The summed E-state index contributed by atoms with van der Waals surface area (Å²) in [5.41, 5.74) is 0.499. The molecule has 10 heteroatoms. The van der Waals surface area contributed by atoms with Crippen molar-refractivity contribution < 1.29 is 18.3 Å². The van der Waals surface area contributed by atoms with Crippen LogP contribution in [0.4, 0.5) is 14.5 Å². The van der Waals surface area contributed by atoms with E-state index in [1.165, 1.54) is 40.9 Å². The quantitative estimate of drug-likeness (QED) is 0.572. The SMILES string of the molecule is Cn1c(Cc2cccs2)nnc1SCC(=O)Nc1ccc(OC(F)F)cc1. The summed E-state index contributed by atoms with van der Waals surface area (Å²) in [4.78, 5) is 13.3. The van der Waals surface area contributed by atoms with Crippen LogP contribution in [0, 0.1) is 0 Å². The summed E-state index contributed by atoms with van der Waals surface area (Å²) in [5, 5.41) is 13.7. The molecule has 0 aliphatic heterocycles. The molecule has 27 heavy (non-hydrogen) atoms. The van der Waals surface area contributed by atoms with Gasteiger partial charge in [-0.1, -0.05) is 17.8 Å². The summed E-state index contributed by atoms with van der Waals surface area (Å²) in [6.07, 6.45) is 0.695. The highest BCUT2D eigenvalue weighted by molar-refractivity contribution is 7.99. The number of nitrogens with zero attached hydrogens (tertiary/aromatic N) is 3. The molecule has 1 amide bonds. The highest BCUT2D eigenvalue weighted by atomic mass is 32.2. The number of alkyl halides is 2. The molecule has 0 spiro atoms. The van der Waals surface area contributed by atoms with Gasteiger partial charge in [0.25, 0.3) is 0 Å². The summed E-state index contributed by atoms with van der Waals surface area (Å²) in [5.74, 6) is 0.787. The average molecular weight is 410 g/mol. The van der Waals surface area contributed by atoms with Gasteiger partial charge in [-0.15, -0.1) is 21.5 Å². The molecule has 0 radical (unpaired) electrons. The van der Waals surface area contributed by atoms with E-state index < -0.39 is 6.61 Å². The van der Waals surface area contributed by atoms with Crippen LogP contribution in [0.3, 0.4) is 0 Å². The van der Waals surface area contributed by atoms with Crippen LogP contribution in [0.15, 0.2) is 46.9 Å². The number of halogens is 2. The molecule has 0 fully saturated rings. The maximum atomic E-state index is 12.1. The van der Waals surface area contributed by atoms with Gasteiger partial charge in [-0.05, 0) is 35.7 Å². The second-order valence-electron chi connectivity index (χ2n) is 5.45. The maximum absolute atomic E-state index is 12.1. The number of aromatic nitrogens is 3. The van der Waals surface area contributed by atoms with Crippen molar-refractivity contribution >= 4 is 34.7 Å². The van der Waals surface area contributed by atoms with Gasteiger partial charge >= 0.3 is 6.61 Å². The zero-order chi connectivity index (χ0) is 19.2. The molecule has 0 saturated carbocycles. The van der Waals surface area contributed by atoms with Crippen molar-refractivity contribution in [1.82, 2.24) is 14.8 Å². The third-order valence-corrected chi connectivity index (χ3v) is 5.43. The number of carbonyl (C=O) groups excluding carboxylic acids is 1. The predicted molar refractivity (Wildman–Crippen MR) is 101 cm³/mol. The molecule has 2 heterocycles. The van der Waals surface area contributed by atoms with E-state index in [0.717, 1.165) is 5.82 Å². The Morgan fingerprint density at radius 1 is 1.30 bits per heavy atom. The minimum absolute atomic E-state index is 0.0368. The van der Waals surface area contributed by atoms with Crippen molar-refractivity contribution in [2.45, 2.75) is 18.2 Å². The fourth-order valence-electron chi connectivity index (χ4n) is 2.24. The number of rotatable bonds is 8. The molecular formula is C17H16F2N4O2S2. The molecule has 0 saturated heterocycles. The smallest absolute Gasteiger partial charge is 0.387 e. The van der Waals surface area contributed by atoms with E-state index in [9.17, 15) is 13.6 Å². The molecule has 1 aromatic carbocycles. The summed E-state index contributed by atoms with van der Waals surface area (Å²) in [7, 11) is 1.87. The fraction of sp³-hybridized carbons (Fsp3) is 0.235. The van der Waals surface area contributed by atoms with Crippen LogP contribution in [0.25, 0.3) is 0 Å². The van der Waals surface area contributed by atoms with Crippen LogP contribution in [0.2, 0.25) is 0 Å². The number of thiophene rings is 1. The number of nitrogens with one attached hydrogen (secondary N) is 1. The standard InChI is InChI=1S/C17H16F2N4O2S2/c1-23-14(9-13-3-2-8-26-13)21-22-17(23)27-10-15(24)20-11-4-6-12(7-5-11)25-16(18)19/h2-8,16H,9-10H2,1H3,(H,20,24). The Morgan fingerprint density at radius 3 is 2.74 bits per heavy atom. The molecule has 0 unspecified atom stereocenters. The Labute approximate surface area is 162 Å². The number of hydrogen-bond acceptors (Lipinski definition) is 6. The zero-order valence-electron chi connectivity index (χ0n) is 14.3. The van der Waals surface area contributed by atoms with Crippen molar-refractivity contribution in [1.29, 1.82) is 0 Å². The van der Waals surface area contributed by atoms with Gasteiger partial charge in [0, 0.05) is 24.0 Å². The van der Waals surface area contributed by atoms with E-state index in [0.29, 0.717) is 17.3 Å². The highest BCUT2D eigenvalue weighted by Gasteiger charge is 2.12. The van der Waals surface area contributed by atoms with Gasteiger partial charge in [-0.25, -0.2) is 0 Å². The first-order valence-corrected chi connectivity index (χ1v) is 9.76. The van der Waals surface area contributed by atoms with Crippen LogP contribution < -0.4 is 10.1 Å². The first-order chi connectivity index (χ1) is 13.0. The van der Waals surface area contributed by atoms with Crippen LogP contribution in [0.5, 0.6) is 5.75 Å². The zero-order valence-corrected chi connectivity index (χ0v) is 15.9. The van der Waals surface area contributed by atoms with E-state index in [1.54, 1.807) is 11.3 Å². The van der Waals surface area contributed by atoms with Crippen molar-refractivity contribution in [3.8, 4) is 5.75 Å². The van der Waals surface area contributed by atoms with E-state index in [-0.39, 0.29) is 17.4 Å². The lowest BCUT2D eigenvalue weighted by molar-refractivity contribution is -0.113. The molecular weight excluding hydrogens is 394 g/mol. The van der Waals surface area contributed by atoms with Gasteiger partial charge in [0.1, 0.15) is 11.6 Å². The molecule has 0 aliphatic carbocycles. The molecule has 0 atom stereocenters. The normalized spacial score (nSPS) is 11.0. The van der Waals surface area contributed by atoms with Gasteiger partial charge in [-0.2, -0.15) is 8.78 Å². The molecule has 1 N–H and O–H groups in total. The van der Waals surface area contributed by atoms with Gasteiger partial charge in [0.15, 0.2) is 5.16 Å². The number of amides is 1. The summed E-state index contributed by atoms with van der Waals surface area (Å²) >= 11 is 2.93. The molecule has 142 valence electrons. The van der Waals surface area contributed by atoms with Gasteiger partial charge < -0.3 is 14.6 Å². The van der Waals surface area contributed by atoms with E-state index in [4.69, 9.17) is 0 Å². The molecule has 0 bridgehead atoms. The first-order valence-electron chi connectivity index (χ1n) is 7.89. The largest absolute Gasteiger partial charge is 0.435 e. The number of anilines is 1. The van der Waals surface area contributed by atoms with Crippen molar-refractivity contribution in [2.75, 3.05) is 11.1 Å². The third-order valence-electron chi connectivity index (χ3n) is 3.53. The van der Waals surface area contributed by atoms with Crippen LogP contribution >= 0.6 is 23.1 Å². The van der Waals surface area contributed by atoms with Crippen molar-refractivity contribution in [3.63, 3.8) is 0 Å². The Balaban J connectivity index is 1.51. The number of benzene rings is 1. The molecule has 3 rings (SSSR count). The van der Waals surface area contributed by atoms with Crippen LogP contribution in [-0.2, 0) is 18.3 Å². The summed E-state index contributed by atoms with van der Waals surface area (Å²) < 4.78 is 30.4. The first kappa shape index (κ1) is 19.3. The minimum atomic E-state index is -2.88. The lowest BCUT2D eigenvalue weighted by Crippen LogP contribution is -2.14. The minimum Gasteiger partial charge on any atom is -0.435 e. The Hall–Kier alpha value is -2.46. The van der Waals surface area contributed by atoms with Gasteiger partial charge in [0.2, 0.25) is 5.91 Å². The average Bonchev–Trinajstić information content (AvgIpc) is 3.26. The van der Waals surface area contributed by atoms with Crippen molar-refractivity contribution in [3.05, 3.63) is 52.5 Å². The van der Waals surface area contributed by atoms with E-state index in [2.05, 4.69) is 20.3 Å². The lowest BCUT2D eigenvalue weighted by Gasteiger charge is -2.07. The number of carbonyl (C=O) groups is 1. The lowest BCUT2D eigenvalue weighted by atomic mass is 10.3. The van der Waals surface area contributed by atoms with E-state index in [1.807, 2.05) is 29.1 Å². The molecule has 2 aromatic heterocycles. The monoisotopic (exact) mass is 410 g/mol. The number of ether oxygens (including phenoxy) is 1. The van der Waals surface area contributed by atoms with E-state index >= 15 is 0 Å². The third kappa shape index (κ3) is 5.51. The summed E-state index contributed by atoms with van der Waals surface area (Å²) in [6.45, 7) is -2.88. The number of thioether (sulfide) groups is 1.